The normalized spacial score (nSPS) is 15.7. The smallest absolute Gasteiger partial charge is 0.337 e. The minimum atomic E-state index is -1.08. The number of thioether (sulfide) groups is 1. The van der Waals surface area contributed by atoms with Gasteiger partial charge in [0.15, 0.2) is 5.17 Å². The Kier molecular flexibility index (Phi) is 6.58. The monoisotopic (exact) mass is 464 g/mol. The Labute approximate surface area is 193 Å². The maximum absolute atomic E-state index is 12.5. The molecule has 3 aromatic carbocycles. The summed E-state index contributed by atoms with van der Waals surface area (Å²) in [6.07, 6.45) is 1.72. The molecule has 1 heterocycles. The largest absolute Gasteiger partial charge is 0.488 e. The topological polar surface area (TPSA) is 88.0 Å². The summed E-state index contributed by atoms with van der Waals surface area (Å²) in [5, 5.41) is 12.9. The number of para-hydroxylation sites is 2. The lowest BCUT2D eigenvalue weighted by Gasteiger charge is -2.10. The van der Waals surface area contributed by atoms with Crippen molar-refractivity contribution in [2.75, 3.05) is 0 Å². The molecule has 1 saturated heterocycles. The summed E-state index contributed by atoms with van der Waals surface area (Å²) < 4.78 is 5.95. The molecule has 0 unspecified atom stereocenters. The van der Waals surface area contributed by atoms with E-state index >= 15 is 0 Å². The minimum Gasteiger partial charge on any atom is -0.488 e. The Balaban J connectivity index is 1.56. The number of amidine groups is 1. The van der Waals surface area contributed by atoms with Crippen LogP contribution in [-0.2, 0) is 11.4 Å². The van der Waals surface area contributed by atoms with E-state index in [0.29, 0.717) is 20.8 Å². The predicted molar refractivity (Wildman–Crippen MR) is 126 cm³/mol. The highest BCUT2D eigenvalue weighted by Crippen LogP contribution is 2.31. The van der Waals surface area contributed by atoms with Gasteiger partial charge in [0.25, 0.3) is 5.91 Å². The van der Waals surface area contributed by atoms with Crippen molar-refractivity contribution in [1.29, 1.82) is 0 Å². The molecule has 1 aliphatic rings. The SMILES string of the molecule is O=C1NC(=Nc2ccccc2C(=O)O)S/C1=C\c1ccccc1OCc1ccccc1Cl. The van der Waals surface area contributed by atoms with Gasteiger partial charge >= 0.3 is 5.97 Å². The minimum absolute atomic E-state index is 0.0607. The number of carboxylic acid groups (broad SMARTS) is 1. The number of ether oxygens (including phenoxy) is 1. The highest BCUT2D eigenvalue weighted by molar-refractivity contribution is 8.18. The Hall–Kier alpha value is -3.55. The Morgan fingerprint density at radius 3 is 2.59 bits per heavy atom. The van der Waals surface area contributed by atoms with Gasteiger partial charge in [-0.3, -0.25) is 4.79 Å². The number of aliphatic imine (C=N–C) groups is 1. The van der Waals surface area contributed by atoms with Crippen LogP contribution in [0.2, 0.25) is 5.02 Å². The van der Waals surface area contributed by atoms with Crippen molar-refractivity contribution >= 4 is 52.2 Å². The fraction of sp³-hybridized carbons (Fsp3) is 0.0417. The van der Waals surface area contributed by atoms with Crippen molar-refractivity contribution in [3.63, 3.8) is 0 Å². The van der Waals surface area contributed by atoms with Gasteiger partial charge < -0.3 is 15.2 Å². The van der Waals surface area contributed by atoms with E-state index in [4.69, 9.17) is 16.3 Å². The fourth-order valence-corrected chi connectivity index (χ4v) is 4.00. The summed E-state index contributed by atoms with van der Waals surface area (Å²) in [6, 6.07) is 21.2. The Bertz CT molecular complexity index is 1260. The van der Waals surface area contributed by atoms with Gasteiger partial charge in [-0.1, -0.05) is 60.1 Å². The first kappa shape index (κ1) is 21.7. The van der Waals surface area contributed by atoms with Gasteiger partial charge in [-0.15, -0.1) is 0 Å². The van der Waals surface area contributed by atoms with Gasteiger partial charge in [-0.05, 0) is 42.1 Å². The molecule has 4 rings (SSSR count). The standard InChI is InChI=1S/C24H17ClN2O4S/c25-18-10-4-1-8-16(18)14-31-20-12-6-2-7-15(20)13-21-22(28)27-24(32-21)26-19-11-5-3-9-17(19)23(29)30/h1-13H,14H2,(H,29,30)(H,26,27,28)/b21-13-. The molecule has 1 amide bonds. The third-order valence-electron chi connectivity index (χ3n) is 4.55. The molecule has 1 fully saturated rings. The van der Waals surface area contributed by atoms with Crippen molar-refractivity contribution in [2.45, 2.75) is 6.61 Å². The van der Waals surface area contributed by atoms with Crippen molar-refractivity contribution in [1.82, 2.24) is 5.32 Å². The number of hydrogen-bond acceptors (Lipinski definition) is 5. The summed E-state index contributed by atoms with van der Waals surface area (Å²) in [7, 11) is 0. The molecular formula is C24H17ClN2O4S. The lowest BCUT2D eigenvalue weighted by Crippen LogP contribution is -2.19. The number of benzene rings is 3. The molecule has 3 aromatic rings. The average molecular weight is 465 g/mol. The number of amides is 1. The van der Waals surface area contributed by atoms with Crippen LogP contribution in [0.15, 0.2) is 82.7 Å². The lowest BCUT2D eigenvalue weighted by atomic mass is 10.2. The van der Waals surface area contributed by atoms with E-state index < -0.39 is 5.97 Å². The molecule has 0 spiro atoms. The second-order valence-electron chi connectivity index (χ2n) is 6.72. The number of halogens is 1. The van der Waals surface area contributed by atoms with E-state index in [2.05, 4.69) is 10.3 Å². The van der Waals surface area contributed by atoms with E-state index in [1.807, 2.05) is 42.5 Å². The average Bonchev–Trinajstić information content (AvgIpc) is 3.13. The molecule has 32 heavy (non-hydrogen) atoms. The number of hydrogen-bond donors (Lipinski definition) is 2. The van der Waals surface area contributed by atoms with Gasteiger partial charge in [-0.25, -0.2) is 9.79 Å². The molecule has 0 aromatic heterocycles. The van der Waals surface area contributed by atoms with Crippen LogP contribution in [0.25, 0.3) is 6.08 Å². The van der Waals surface area contributed by atoms with Gasteiger partial charge in [0.05, 0.1) is 16.2 Å². The van der Waals surface area contributed by atoms with Crippen molar-refractivity contribution in [3.05, 3.63) is 99.4 Å². The molecule has 1 aliphatic heterocycles. The fourth-order valence-electron chi connectivity index (χ4n) is 2.99. The zero-order chi connectivity index (χ0) is 22.5. The molecule has 160 valence electrons. The van der Waals surface area contributed by atoms with E-state index in [-0.39, 0.29) is 23.8 Å². The van der Waals surface area contributed by atoms with Crippen LogP contribution < -0.4 is 10.1 Å². The van der Waals surface area contributed by atoms with Crippen molar-refractivity contribution < 1.29 is 19.4 Å². The number of aromatic carboxylic acids is 1. The first-order chi connectivity index (χ1) is 15.5. The zero-order valence-corrected chi connectivity index (χ0v) is 18.2. The van der Waals surface area contributed by atoms with Gasteiger partial charge in [-0.2, -0.15) is 0 Å². The van der Waals surface area contributed by atoms with Crippen LogP contribution in [0.4, 0.5) is 5.69 Å². The maximum atomic E-state index is 12.5. The quantitative estimate of drug-likeness (QED) is 0.470. The second kappa shape index (κ2) is 9.72. The molecule has 0 aliphatic carbocycles. The molecule has 6 nitrogen and oxygen atoms in total. The summed E-state index contributed by atoms with van der Waals surface area (Å²) in [5.41, 5.74) is 1.92. The number of nitrogens with zero attached hydrogens (tertiary/aromatic N) is 1. The van der Waals surface area contributed by atoms with Crippen LogP contribution in [-0.4, -0.2) is 22.2 Å². The molecule has 0 radical (unpaired) electrons. The van der Waals surface area contributed by atoms with Crippen LogP contribution in [0.3, 0.4) is 0 Å². The first-order valence-corrected chi connectivity index (χ1v) is 10.8. The number of carbonyl (C=O) groups excluding carboxylic acids is 1. The number of carboxylic acids is 1. The van der Waals surface area contributed by atoms with Gasteiger partial charge in [0, 0.05) is 16.1 Å². The first-order valence-electron chi connectivity index (χ1n) is 9.58. The molecule has 0 saturated carbocycles. The van der Waals surface area contributed by atoms with E-state index in [0.717, 1.165) is 22.9 Å². The zero-order valence-electron chi connectivity index (χ0n) is 16.6. The predicted octanol–water partition coefficient (Wildman–Crippen LogP) is 5.51. The number of rotatable bonds is 6. The third kappa shape index (κ3) is 5.01. The van der Waals surface area contributed by atoms with Crippen molar-refractivity contribution in [3.8, 4) is 5.75 Å². The summed E-state index contributed by atoms with van der Waals surface area (Å²) in [5.74, 6) is -0.794. The summed E-state index contributed by atoms with van der Waals surface area (Å²) >= 11 is 7.34. The molecule has 2 N–H and O–H groups in total. The number of carbonyl (C=O) groups is 2. The maximum Gasteiger partial charge on any atom is 0.337 e. The van der Waals surface area contributed by atoms with Gasteiger partial charge in [0.1, 0.15) is 12.4 Å². The lowest BCUT2D eigenvalue weighted by molar-refractivity contribution is -0.115. The van der Waals surface area contributed by atoms with Crippen LogP contribution in [0.5, 0.6) is 5.75 Å². The molecule has 0 bridgehead atoms. The second-order valence-corrected chi connectivity index (χ2v) is 8.16. The molecule has 8 heteroatoms. The van der Waals surface area contributed by atoms with Crippen LogP contribution in [0, 0.1) is 0 Å². The summed E-state index contributed by atoms with van der Waals surface area (Å²) in [4.78, 5) is 28.6. The van der Waals surface area contributed by atoms with E-state index in [1.165, 1.54) is 6.07 Å². The summed E-state index contributed by atoms with van der Waals surface area (Å²) in [6.45, 7) is 0.290. The highest BCUT2D eigenvalue weighted by Gasteiger charge is 2.25. The van der Waals surface area contributed by atoms with Crippen LogP contribution >= 0.6 is 23.4 Å². The highest BCUT2D eigenvalue weighted by atomic mass is 35.5. The molecule has 0 atom stereocenters. The Morgan fingerprint density at radius 2 is 1.78 bits per heavy atom. The van der Waals surface area contributed by atoms with E-state index in [1.54, 1.807) is 30.3 Å². The number of nitrogens with one attached hydrogen (secondary N) is 1. The third-order valence-corrected chi connectivity index (χ3v) is 5.83. The molecular weight excluding hydrogens is 448 g/mol. The van der Waals surface area contributed by atoms with E-state index in [9.17, 15) is 14.7 Å². The van der Waals surface area contributed by atoms with Crippen molar-refractivity contribution in [2.24, 2.45) is 4.99 Å². The van der Waals surface area contributed by atoms with Gasteiger partial charge in [0.2, 0.25) is 0 Å². The Morgan fingerprint density at radius 1 is 1.06 bits per heavy atom. The van der Waals surface area contributed by atoms with Crippen LogP contribution in [0.1, 0.15) is 21.5 Å².